The fourth-order valence-electron chi connectivity index (χ4n) is 3.52. The van der Waals surface area contributed by atoms with Gasteiger partial charge in [-0.3, -0.25) is 0 Å². The fraction of sp³-hybridized carbons (Fsp3) is 0.200. The molecule has 4 rings (SSSR count). The Kier molecular flexibility index (Phi) is 3.76. The van der Waals surface area contributed by atoms with E-state index in [0.29, 0.717) is 4.90 Å². The van der Waals surface area contributed by atoms with Gasteiger partial charge in [0.15, 0.2) is 9.84 Å². The highest BCUT2D eigenvalue weighted by atomic mass is 32.2. The maximum absolute atomic E-state index is 13.3. The maximum Gasteiger partial charge on any atom is 0.175 e. The molecule has 0 saturated heterocycles. The molecule has 0 aliphatic carbocycles. The summed E-state index contributed by atoms with van der Waals surface area (Å²) in [5.74, 6) is -0.255. The number of benzene rings is 2. The summed E-state index contributed by atoms with van der Waals surface area (Å²) in [4.78, 5) is 0.315. The van der Waals surface area contributed by atoms with E-state index in [1.807, 2.05) is 12.1 Å². The molecule has 0 N–H and O–H groups in total. The zero-order valence-electron chi connectivity index (χ0n) is 13.9. The van der Waals surface area contributed by atoms with E-state index in [1.165, 1.54) is 24.1 Å². The van der Waals surface area contributed by atoms with Crippen LogP contribution in [0, 0.1) is 5.82 Å². The lowest BCUT2D eigenvalue weighted by Crippen LogP contribution is -1.96. The molecule has 0 spiro atoms. The zero-order valence-corrected chi connectivity index (χ0v) is 14.7. The van der Waals surface area contributed by atoms with Crippen LogP contribution in [0.5, 0.6) is 0 Å². The van der Waals surface area contributed by atoms with Crippen LogP contribution in [-0.4, -0.2) is 19.2 Å². The predicted molar refractivity (Wildman–Crippen MR) is 96.7 cm³/mol. The summed E-state index contributed by atoms with van der Waals surface area (Å²) in [5, 5.41) is 0. The number of rotatable bonds is 3. The number of hydrogen-bond donors (Lipinski definition) is 0. The van der Waals surface area contributed by atoms with Gasteiger partial charge in [0.25, 0.3) is 0 Å². The van der Waals surface area contributed by atoms with Crippen LogP contribution in [0.15, 0.2) is 59.6 Å². The Labute approximate surface area is 146 Å². The summed E-state index contributed by atoms with van der Waals surface area (Å²) in [6.45, 7) is 0.977. The smallest absolute Gasteiger partial charge is 0.175 e. The normalized spacial score (nSPS) is 13.8. The summed E-state index contributed by atoms with van der Waals surface area (Å²) in [6.07, 6.45) is 5.43. The molecule has 0 atom stereocenters. The van der Waals surface area contributed by atoms with Crippen molar-refractivity contribution in [1.29, 1.82) is 0 Å². The lowest BCUT2D eigenvalue weighted by molar-refractivity contribution is 0.602. The molecule has 1 aromatic heterocycles. The van der Waals surface area contributed by atoms with E-state index in [0.717, 1.165) is 41.6 Å². The molecule has 2 heterocycles. The van der Waals surface area contributed by atoms with E-state index >= 15 is 0 Å². The van der Waals surface area contributed by atoms with Crippen LogP contribution in [0.1, 0.15) is 12.1 Å². The first-order chi connectivity index (χ1) is 11.9. The van der Waals surface area contributed by atoms with Gasteiger partial charge in [-0.1, -0.05) is 24.3 Å². The van der Waals surface area contributed by atoms with E-state index < -0.39 is 9.84 Å². The van der Waals surface area contributed by atoms with Crippen molar-refractivity contribution < 1.29 is 12.8 Å². The molecule has 1 aliphatic heterocycles. The van der Waals surface area contributed by atoms with Crippen molar-refractivity contribution in [3.05, 3.63) is 66.2 Å². The minimum Gasteiger partial charge on any atom is -0.350 e. The molecule has 0 unspecified atom stereocenters. The van der Waals surface area contributed by atoms with Crippen molar-refractivity contribution in [2.75, 3.05) is 6.26 Å². The third-order valence-corrected chi connectivity index (χ3v) is 5.86. The Balaban J connectivity index is 1.87. The van der Waals surface area contributed by atoms with Gasteiger partial charge in [0.2, 0.25) is 0 Å². The van der Waals surface area contributed by atoms with Gasteiger partial charge in [-0.25, -0.2) is 12.8 Å². The molecular weight excluding hydrogens is 337 g/mol. The van der Waals surface area contributed by atoms with Gasteiger partial charge >= 0.3 is 0 Å². The number of fused-ring (bicyclic) bond motifs is 1. The Hall–Kier alpha value is -2.40. The first kappa shape index (κ1) is 16.1. The average molecular weight is 355 g/mol. The molecule has 5 heteroatoms. The fourth-order valence-corrected chi connectivity index (χ4v) is 4.15. The molecule has 0 bridgehead atoms. The lowest BCUT2D eigenvalue weighted by atomic mass is 9.96. The highest BCUT2D eigenvalue weighted by Gasteiger charge is 2.22. The first-order valence-electron chi connectivity index (χ1n) is 8.22. The summed E-state index contributed by atoms with van der Waals surface area (Å²) in [6, 6.07) is 13.5. The maximum atomic E-state index is 13.3. The van der Waals surface area contributed by atoms with Crippen molar-refractivity contribution in [3.63, 3.8) is 0 Å². The molecule has 3 aromatic rings. The molecular formula is C20H18FNO2S. The zero-order chi connectivity index (χ0) is 17.6. The van der Waals surface area contributed by atoms with Crippen LogP contribution in [-0.2, 0) is 22.8 Å². The molecule has 1 aliphatic rings. The summed E-state index contributed by atoms with van der Waals surface area (Å²) < 4.78 is 38.9. The Morgan fingerprint density at radius 3 is 2.24 bits per heavy atom. The quantitative estimate of drug-likeness (QED) is 0.702. The molecule has 0 radical (unpaired) electrons. The van der Waals surface area contributed by atoms with Gasteiger partial charge in [0, 0.05) is 35.8 Å². The van der Waals surface area contributed by atoms with Crippen molar-refractivity contribution >= 4 is 9.84 Å². The van der Waals surface area contributed by atoms with E-state index in [-0.39, 0.29) is 5.82 Å². The topological polar surface area (TPSA) is 39.1 Å². The summed E-state index contributed by atoms with van der Waals surface area (Å²) in [7, 11) is -3.21. The SMILES string of the molecule is CS(=O)(=O)c1ccc(-c2c(-c3ccc(F)cc3)cn3c2CCC3)cc1. The predicted octanol–water partition coefficient (Wildman–Crippen LogP) is 4.31. The van der Waals surface area contributed by atoms with Crippen molar-refractivity contribution in [3.8, 4) is 22.3 Å². The molecule has 0 saturated carbocycles. The molecule has 0 fully saturated rings. The van der Waals surface area contributed by atoms with E-state index in [2.05, 4.69) is 10.8 Å². The second-order valence-corrected chi connectivity index (χ2v) is 8.48. The largest absolute Gasteiger partial charge is 0.350 e. The molecule has 128 valence electrons. The number of sulfone groups is 1. The van der Waals surface area contributed by atoms with E-state index in [4.69, 9.17) is 0 Å². The molecule has 2 aromatic carbocycles. The monoisotopic (exact) mass is 355 g/mol. The second kappa shape index (κ2) is 5.85. The molecule has 3 nitrogen and oxygen atoms in total. The van der Waals surface area contributed by atoms with Gasteiger partial charge in [-0.05, 0) is 48.2 Å². The van der Waals surface area contributed by atoms with Crippen molar-refractivity contribution in [2.45, 2.75) is 24.3 Å². The number of halogens is 1. The highest BCUT2D eigenvalue weighted by Crippen LogP contribution is 2.39. The number of aryl methyl sites for hydroxylation is 1. The van der Waals surface area contributed by atoms with Crippen LogP contribution < -0.4 is 0 Å². The summed E-state index contributed by atoms with van der Waals surface area (Å²) in [5.41, 5.74) is 5.38. The minimum atomic E-state index is -3.21. The molecule has 0 amide bonds. The molecule has 25 heavy (non-hydrogen) atoms. The van der Waals surface area contributed by atoms with Gasteiger partial charge in [0.05, 0.1) is 4.90 Å². The van der Waals surface area contributed by atoms with E-state index in [9.17, 15) is 12.8 Å². The third-order valence-electron chi connectivity index (χ3n) is 4.73. The van der Waals surface area contributed by atoms with Gasteiger partial charge in [-0.2, -0.15) is 0 Å². The van der Waals surface area contributed by atoms with Crippen LogP contribution in [0.4, 0.5) is 4.39 Å². The number of aromatic nitrogens is 1. The Bertz CT molecular complexity index is 1030. The average Bonchev–Trinajstić information content (AvgIpc) is 3.15. The van der Waals surface area contributed by atoms with Gasteiger partial charge in [0.1, 0.15) is 5.82 Å². The number of nitrogens with zero attached hydrogens (tertiary/aromatic N) is 1. The van der Waals surface area contributed by atoms with Crippen LogP contribution in [0.25, 0.3) is 22.3 Å². The van der Waals surface area contributed by atoms with E-state index in [1.54, 1.807) is 24.3 Å². The second-order valence-electron chi connectivity index (χ2n) is 6.46. The third kappa shape index (κ3) is 2.89. The lowest BCUT2D eigenvalue weighted by Gasteiger charge is -2.08. The van der Waals surface area contributed by atoms with Gasteiger partial charge < -0.3 is 4.57 Å². The van der Waals surface area contributed by atoms with Crippen LogP contribution in [0.3, 0.4) is 0 Å². The first-order valence-corrected chi connectivity index (χ1v) is 10.1. The van der Waals surface area contributed by atoms with Crippen LogP contribution in [0.2, 0.25) is 0 Å². The van der Waals surface area contributed by atoms with Gasteiger partial charge in [-0.15, -0.1) is 0 Å². The number of hydrogen-bond acceptors (Lipinski definition) is 2. The van der Waals surface area contributed by atoms with Crippen molar-refractivity contribution in [2.24, 2.45) is 0 Å². The Morgan fingerprint density at radius 2 is 1.60 bits per heavy atom. The summed E-state index contributed by atoms with van der Waals surface area (Å²) >= 11 is 0. The van der Waals surface area contributed by atoms with Crippen molar-refractivity contribution in [1.82, 2.24) is 4.57 Å². The highest BCUT2D eigenvalue weighted by molar-refractivity contribution is 7.90. The minimum absolute atomic E-state index is 0.255. The van der Waals surface area contributed by atoms with Crippen LogP contribution >= 0.6 is 0 Å². The standard InChI is InChI=1S/C20H18FNO2S/c1-25(23,24)17-10-6-15(7-11-17)20-18(13-22-12-2-3-19(20)22)14-4-8-16(21)9-5-14/h4-11,13H,2-3,12H2,1H3. The Morgan fingerprint density at radius 1 is 0.960 bits per heavy atom.